The normalized spacial score (nSPS) is 16.5. The van der Waals surface area contributed by atoms with Gasteiger partial charge in [-0.15, -0.1) is 0 Å². The minimum absolute atomic E-state index is 0.124. The highest BCUT2D eigenvalue weighted by Gasteiger charge is 2.25. The largest absolute Gasteiger partial charge is 0.391 e. The van der Waals surface area contributed by atoms with E-state index in [4.69, 9.17) is 5.73 Å². The van der Waals surface area contributed by atoms with Gasteiger partial charge in [-0.2, -0.15) is 0 Å². The molecule has 0 spiro atoms. The SMILES string of the molecule is CC(N)CC(=O)NC(C)(C)C(C)O. The van der Waals surface area contributed by atoms with Crippen molar-refractivity contribution < 1.29 is 9.90 Å². The summed E-state index contributed by atoms with van der Waals surface area (Å²) in [5.74, 6) is -0.124. The van der Waals surface area contributed by atoms with Gasteiger partial charge >= 0.3 is 0 Å². The quantitative estimate of drug-likeness (QED) is 0.581. The molecule has 2 unspecified atom stereocenters. The lowest BCUT2D eigenvalue weighted by molar-refractivity contribution is -0.124. The summed E-state index contributed by atoms with van der Waals surface area (Å²) in [7, 11) is 0. The summed E-state index contributed by atoms with van der Waals surface area (Å²) in [6, 6.07) is -0.148. The van der Waals surface area contributed by atoms with Crippen molar-refractivity contribution in [1.29, 1.82) is 0 Å². The minimum Gasteiger partial charge on any atom is -0.391 e. The minimum atomic E-state index is -0.591. The molecule has 0 radical (unpaired) electrons. The van der Waals surface area contributed by atoms with E-state index in [1.165, 1.54) is 0 Å². The van der Waals surface area contributed by atoms with Gasteiger partial charge in [0.15, 0.2) is 0 Å². The van der Waals surface area contributed by atoms with Crippen LogP contribution < -0.4 is 11.1 Å². The number of carbonyl (C=O) groups excluding carboxylic acids is 1. The van der Waals surface area contributed by atoms with E-state index in [1.54, 1.807) is 27.7 Å². The molecule has 4 nitrogen and oxygen atoms in total. The zero-order valence-electron chi connectivity index (χ0n) is 8.79. The molecule has 78 valence electrons. The first-order chi connectivity index (χ1) is 5.75. The molecule has 0 aliphatic rings. The van der Waals surface area contributed by atoms with E-state index in [0.29, 0.717) is 0 Å². The van der Waals surface area contributed by atoms with Gasteiger partial charge in [-0.3, -0.25) is 4.79 Å². The van der Waals surface area contributed by atoms with Crippen molar-refractivity contribution in [2.75, 3.05) is 0 Å². The van der Waals surface area contributed by atoms with Crippen molar-refractivity contribution in [3.05, 3.63) is 0 Å². The number of carbonyl (C=O) groups is 1. The Kier molecular flexibility index (Phi) is 4.36. The van der Waals surface area contributed by atoms with E-state index in [0.717, 1.165) is 0 Å². The van der Waals surface area contributed by atoms with Gasteiger partial charge in [0.1, 0.15) is 0 Å². The van der Waals surface area contributed by atoms with Crippen LogP contribution in [0.4, 0.5) is 0 Å². The maximum atomic E-state index is 11.3. The number of amides is 1. The van der Waals surface area contributed by atoms with Crippen molar-refractivity contribution in [3.8, 4) is 0 Å². The maximum Gasteiger partial charge on any atom is 0.222 e. The molecule has 0 aromatic carbocycles. The van der Waals surface area contributed by atoms with E-state index in [9.17, 15) is 9.90 Å². The van der Waals surface area contributed by atoms with Crippen LogP contribution in [0.5, 0.6) is 0 Å². The second kappa shape index (κ2) is 4.58. The van der Waals surface area contributed by atoms with Crippen molar-refractivity contribution in [3.63, 3.8) is 0 Å². The number of nitrogens with two attached hydrogens (primary N) is 1. The highest BCUT2D eigenvalue weighted by molar-refractivity contribution is 5.77. The van der Waals surface area contributed by atoms with Crippen LogP contribution in [0.25, 0.3) is 0 Å². The number of aliphatic hydroxyl groups is 1. The Balaban J connectivity index is 4.05. The summed E-state index contributed by atoms with van der Waals surface area (Å²) in [6.45, 7) is 6.97. The predicted molar refractivity (Wildman–Crippen MR) is 52.2 cm³/mol. The van der Waals surface area contributed by atoms with Crippen LogP contribution in [-0.4, -0.2) is 28.7 Å². The Hall–Kier alpha value is -0.610. The maximum absolute atomic E-state index is 11.3. The zero-order chi connectivity index (χ0) is 10.6. The smallest absolute Gasteiger partial charge is 0.222 e. The van der Waals surface area contributed by atoms with Crippen LogP contribution >= 0.6 is 0 Å². The molecule has 0 aromatic rings. The van der Waals surface area contributed by atoms with Gasteiger partial charge in [0.25, 0.3) is 0 Å². The molecule has 0 aromatic heterocycles. The number of nitrogens with one attached hydrogen (secondary N) is 1. The third-order valence-corrected chi connectivity index (χ3v) is 2.01. The third kappa shape index (κ3) is 4.85. The predicted octanol–water partition coefficient (Wildman–Crippen LogP) is -0.000700. The van der Waals surface area contributed by atoms with Crippen molar-refractivity contribution >= 4 is 5.91 Å². The van der Waals surface area contributed by atoms with E-state index in [2.05, 4.69) is 5.32 Å². The van der Waals surface area contributed by atoms with Crippen molar-refractivity contribution in [2.24, 2.45) is 5.73 Å². The Labute approximate surface area is 79.5 Å². The average molecular weight is 188 g/mol. The summed E-state index contributed by atoms with van der Waals surface area (Å²) < 4.78 is 0. The Morgan fingerprint density at radius 1 is 1.54 bits per heavy atom. The van der Waals surface area contributed by atoms with Gasteiger partial charge in [-0.1, -0.05) is 0 Å². The fraction of sp³-hybridized carbons (Fsp3) is 0.889. The Bertz CT molecular complexity index is 176. The molecular weight excluding hydrogens is 168 g/mol. The summed E-state index contributed by atoms with van der Waals surface area (Å²) in [6.07, 6.45) is -0.291. The topological polar surface area (TPSA) is 75.4 Å². The molecule has 0 bridgehead atoms. The molecule has 0 saturated carbocycles. The number of aliphatic hydroxyl groups excluding tert-OH is 1. The number of hydrogen-bond acceptors (Lipinski definition) is 3. The Morgan fingerprint density at radius 2 is 2.00 bits per heavy atom. The first-order valence-corrected chi connectivity index (χ1v) is 4.50. The van der Waals surface area contributed by atoms with Gasteiger partial charge < -0.3 is 16.2 Å². The lowest BCUT2D eigenvalue weighted by atomic mass is 9.98. The van der Waals surface area contributed by atoms with Gasteiger partial charge in [-0.05, 0) is 27.7 Å². The standard InChI is InChI=1S/C9H20N2O2/c1-6(10)5-8(13)11-9(3,4)7(2)12/h6-7,12H,5,10H2,1-4H3,(H,11,13). The van der Waals surface area contributed by atoms with Crippen molar-refractivity contribution in [1.82, 2.24) is 5.32 Å². The summed E-state index contributed by atoms with van der Waals surface area (Å²) in [4.78, 5) is 11.3. The van der Waals surface area contributed by atoms with Crippen LogP contribution in [0.1, 0.15) is 34.1 Å². The third-order valence-electron chi connectivity index (χ3n) is 2.01. The van der Waals surface area contributed by atoms with E-state index < -0.39 is 11.6 Å². The summed E-state index contributed by atoms with van der Waals surface area (Å²) >= 11 is 0. The lowest BCUT2D eigenvalue weighted by Gasteiger charge is -2.29. The molecule has 13 heavy (non-hydrogen) atoms. The molecule has 2 atom stereocenters. The zero-order valence-corrected chi connectivity index (χ0v) is 8.79. The monoisotopic (exact) mass is 188 g/mol. The summed E-state index contributed by atoms with van der Waals surface area (Å²) in [5, 5.41) is 12.0. The molecule has 0 fully saturated rings. The molecule has 0 rings (SSSR count). The molecule has 0 aliphatic heterocycles. The second-order valence-electron chi connectivity index (χ2n) is 4.13. The van der Waals surface area contributed by atoms with Gasteiger partial charge in [-0.25, -0.2) is 0 Å². The second-order valence-corrected chi connectivity index (χ2v) is 4.13. The van der Waals surface area contributed by atoms with E-state index >= 15 is 0 Å². The van der Waals surface area contributed by atoms with E-state index in [-0.39, 0.29) is 18.4 Å². The van der Waals surface area contributed by atoms with Crippen LogP contribution in [-0.2, 0) is 4.79 Å². The summed E-state index contributed by atoms with van der Waals surface area (Å²) in [5.41, 5.74) is 4.87. The average Bonchev–Trinajstić information content (AvgIpc) is 1.82. The molecule has 4 heteroatoms. The van der Waals surface area contributed by atoms with Crippen LogP contribution in [0.3, 0.4) is 0 Å². The molecule has 0 saturated heterocycles. The molecule has 4 N–H and O–H groups in total. The molecule has 0 aliphatic carbocycles. The first kappa shape index (κ1) is 12.4. The van der Waals surface area contributed by atoms with E-state index in [1.807, 2.05) is 0 Å². The molecule has 0 heterocycles. The van der Waals surface area contributed by atoms with Gasteiger partial charge in [0.2, 0.25) is 5.91 Å². The van der Waals surface area contributed by atoms with Crippen LogP contribution in [0.2, 0.25) is 0 Å². The van der Waals surface area contributed by atoms with Crippen LogP contribution in [0, 0.1) is 0 Å². The number of rotatable bonds is 4. The number of hydrogen-bond donors (Lipinski definition) is 3. The van der Waals surface area contributed by atoms with Crippen molar-refractivity contribution in [2.45, 2.75) is 51.8 Å². The molecule has 1 amide bonds. The Morgan fingerprint density at radius 3 is 2.31 bits per heavy atom. The first-order valence-electron chi connectivity index (χ1n) is 4.50. The lowest BCUT2D eigenvalue weighted by Crippen LogP contribution is -2.51. The highest BCUT2D eigenvalue weighted by atomic mass is 16.3. The fourth-order valence-electron chi connectivity index (χ4n) is 0.807. The van der Waals surface area contributed by atoms with Crippen LogP contribution in [0.15, 0.2) is 0 Å². The highest BCUT2D eigenvalue weighted by Crippen LogP contribution is 2.08. The van der Waals surface area contributed by atoms with Gasteiger partial charge in [0, 0.05) is 12.5 Å². The fourth-order valence-corrected chi connectivity index (χ4v) is 0.807. The molecular formula is C9H20N2O2. The van der Waals surface area contributed by atoms with Gasteiger partial charge in [0.05, 0.1) is 11.6 Å².